The molecule has 0 unspecified atom stereocenters. The Morgan fingerprint density at radius 3 is 1.89 bits per heavy atom. The van der Waals surface area contributed by atoms with Crippen LogP contribution in [0.1, 0.15) is 45.2 Å². The van der Waals surface area contributed by atoms with Crippen molar-refractivity contribution in [3.8, 4) is 16.9 Å². The van der Waals surface area contributed by atoms with Gasteiger partial charge in [-0.2, -0.15) is 0 Å². The topological polar surface area (TPSA) is 38.8 Å². The van der Waals surface area contributed by atoms with Crippen molar-refractivity contribution >= 4 is 11.7 Å². The van der Waals surface area contributed by atoms with Gasteiger partial charge >= 0.3 is 12.3 Å². The van der Waals surface area contributed by atoms with E-state index < -0.39 is 6.36 Å². The first-order valence-corrected chi connectivity index (χ1v) is 11.9. The molecule has 0 heterocycles. The molecule has 3 aromatic carbocycles. The summed E-state index contributed by atoms with van der Waals surface area (Å²) in [5, 5.41) is 0. The van der Waals surface area contributed by atoms with Gasteiger partial charge in [0.25, 0.3) is 0 Å². The Bertz CT molecular complexity index is 1120. The average Bonchev–Trinajstić information content (AvgIpc) is 2.81. The van der Waals surface area contributed by atoms with Crippen molar-refractivity contribution in [2.45, 2.75) is 52.4 Å². The van der Waals surface area contributed by atoms with Crippen molar-refractivity contribution in [1.29, 1.82) is 0 Å². The first-order valence-electron chi connectivity index (χ1n) is 11.9. The number of carbonyl (C=O) groups is 1. The van der Waals surface area contributed by atoms with E-state index in [4.69, 9.17) is 4.74 Å². The van der Waals surface area contributed by atoms with Crippen LogP contribution in [-0.2, 0) is 21.5 Å². The Balaban J connectivity index is 1.78. The lowest BCUT2D eigenvalue weighted by Gasteiger charge is -2.26. The Morgan fingerprint density at radius 1 is 0.833 bits per heavy atom. The van der Waals surface area contributed by atoms with Crippen LogP contribution < -0.4 is 9.64 Å². The molecular weight excluding hydrogens is 467 g/mol. The van der Waals surface area contributed by atoms with E-state index in [1.54, 1.807) is 19.1 Å². The molecule has 0 spiro atoms. The number of hydrogen-bond donors (Lipinski definition) is 0. The molecule has 0 bridgehead atoms. The van der Waals surface area contributed by atoms with Crippen LogP contribution in [0.15, 0.2) is 72.8 Å². The summed E-state index contributed by atoms with van der Waals surface area (Å²) in [6.45, 7) is 9.75. The van der Waals surface area contributed by atoms with E-state index >= 15 is 0 Å². The highest BCUT2D eigenvalue weighted by molar-refractivity contribution is 5.71. The predicted molar refractivity (Wildman–Crippen MR) is 136 cm³/mol. The summed E-state index contributed by atoms with van der Waals surface area (Å²) in [4.78, 5) is 14.1. The fourth-order valence-corrected chi connectivity index (χ4v) is 3.80. The number of halogens is 3. The van der Waals surface area contributed by atoms with Crippen LogP contribution in [0, 0.1) is 0 Å². The second kappa shape index (κ2) is 11.5. The maximum atomic E-state index is 12.4. The highest BCUT2D eigenvalue weighted by atomic mass is 19.4. The molecule has 0 radical (unpaired) electrons. The van der Waals surface area contributed by atoms with Gasteiger partial charge in [0.15, 0.2) is 0 Å². The van der Waals surface area contributed by atoms with Gasteiger partial charge in [-0.15, -0.1) is 13.2 Å². The van der Waals surface area contributed by atoms with Crippen molar-refractivity contribution < 1.29 is 27.4 Å². The lowest BCUT2D eigenvalue weighted by molar-refractivity contribution is -0.274. The normalized spacial score (nSPS) is 11.8. The Labute approximate surface area is 210 Å². The van der Waals surface area contributed by atoms with E-state index in [-0.39, 0.29) is 23.6 Å². The number of benzene rings is 3. The molecule has 0 saturated heterocycles. The Hall–Kier alpha value is -3.48. The molecule has 0 aromatic heterocycles. The second-order valence-electron chi connectivity index (χ2n) is 9.54. The molecule has 3 aromatic rings. The van der Waals surface area contributed by atoms with Crippen LogP contribution in [0.25, 0.3) is 11.1 Å². The van der Waals surface area contributed by atoms with E-state index in [0.717, 1.165) is 22.4 Å². The van der Waals surface area contributed by atoms with Crippen molar-refractivity contribution in [2.24, 2.45) is 0 Å². The van der Waals surface area contributed by atoms with Crippen molar-refractivity contribution in [1.82, 2.24) is 0 Å². The lowest BCUT2D eigenvalue weighted by Crippen LogP contribution is -2.26. The van der Waals surface area contributed by atoms with Crippen LogP contribution >= 0.6 is 0 Å². The zero-order valence-electron chi connectivity index (χ0n) is 21.1. The SMILES string of the molecule is CCOC(=O)CCN(Cc1ccc(C(C)(C)C)cc1)c1ccc(-c2ccc(OC(F)(F)F)cc2)cc1. The summed E-state index contributed by atoms with van der Waals surface area (Å²) >= 11 is 0. The molecule has 0 saturated carbocycles. The highest BCUT2D eigenvalue weighted by Crippen LogP contribution is 2.29. The maximum absolute atomic E-state index is 12.4. The molecule has 3 rings (SSSR count). The monoisotopic (exact) mass is 499 g/mol. The minimum Gasteiger partial charge on any atom is -0.466 e. The fraction of sp³-hybridized carbons (Fsp3) is 0.345. The molecule has 0 aliphatic carbocycles. The van der Waals surface area contributed by atoms with Crippen molar-refractivity contribution in [2.75, 3.05) is 18.1 Å². The summed E-state index contributed by atoms with van der Waals surface area (Å²) in [7, 11) is 0. The summed E-state index contributed by atoms with van der Waals surface area (Å²) < 4.78 is 46.3. The predicted octanol–water partition coefficient (Wildman–Crippen LogP) is 7.51. The molecule has 7 heteroatoms. The van der Waals surface area contributed by atoms with Gasteiger partial charge in [0.1, 0.15) is 5.75 Å². The summed E-state index contributed by atoms with van der Waals surface area (Å²) in [5.74, 6) is -0.506. The third kappa shape index (κ3) is 8.04. The fourth-order valence-electron chi connectivity index (χ4n) is 3.80. The van der Waals surface area contributed by atoms with Crippen LogP contribution in [0.5, 0.6) is 5.75 Å². The molecule has 0 amide bonds. The number of anilines is 1. The zero-order chi connectivity index (χ0) is 26.3. The molecule has 0 aliphatic heterocycles. The number of rotatable bonds is 9. The third-order valence-corrected chi connectivity index (χ3v) is 5.74. The van der Waals surface area contributed by atoms with Gasteiger partial charge in [0, 0.05) is 18.8 Å². The number of alkyl halides is 3. The lowest BCUT2D eigenvalue weighted by atomic mass is 9.87. The molecule has 0 fully saturated rings. The molecule has 36 heavy (non-hydrogen) atoms. The van der Waals surface area contributed by atoms with E-state index in [9.17, 15) is 18.0 Å². The standard InChI is InChI=1S/C29H32F3NO3/c1-5-35-27(34)18-19-33(20-21-6-12-24(13-7-21)28(2,3)4)25-14-8-22(9-15-25)23-10-16-26(17-11-23)36-29(30,31)32/h6-17H,5,18-20H2,1-4H3. The van der Waals surface area contributed by atoms with Gasteiger partial charge in [0.05, 0.1) is 13.0 Å². The minimum atomic E-state index is -4.72. The number of esters is 1. The van der Waals surface area contributed by atoms with E-state index in [1.165, 1.54) is 17.7 Å². The Kier molecular flexibility index (Phi) is 8.66. The summed E-state index contributed by atoms with van der Waals surface area (Å²) in [6.07, 6.45) is -4.46. The Morgan fingerprint density at radius 2 is 1.39 bits per heavy atom. The van der Waals surface area contributed by atoms with Crippen molar-refractivity contribution in [3.63, 3.8) is 0 Å². The van der Waals surface area contributed by atoms with Crippen LogP contribution in [0.2, 0.25) is 0 Å². The van der Waals surface area contributed by atoms with E-state index in [2.05, 4.69) is 54.7 Å². The smallest absolute Gasteiger partial charge is 0.466 e. The van der Waals surface area contributed by atoms with E-state index in [0.29, 0.717) is 19.7 Å². The average molecular weight is 500 g/mol. The van der Waals surface area contributed by atoms with Crippen LogP contribution in [0.4, 0.5) is 18.9 Å². The van der Waals surface area contributed by atoms with E-state index in [1.807, 2.05) is 24.3 Å². The number of ether oxygens (including phenoxy) is 2. The molecular formula is C29H32F3NO3. The second-order valence-corrected chi connectivity index (χ2v) is 9.54. The third-order valence-electron chi connectivity index (χ3n) is 5.74. The zero-order valence-corrected chi connectivity index (χ0v) is 21.1. The van der Waals surface area contributed by atoms with Gasteiger partial charge in [-0.1, -0.05) is 69.3 Å². The van der Waals surface area contributed by atoms with Gasteiger partial charge in [-0.25, -0.2) is 0 Å². The first kappa shape index (κ1) is 27.1. The highest BCUT2D eigenvalue weighted by Gasteiger charge is 2.31. The van der Waals surface area contributed by atoms with Crippen molar-refractivity contribution in [3.05, 3.63) is 83.9 Å². The minimum absolute atomic E-state index is 0.0645. The molecule has 0 atom stereocenters. The molecule has 192 valence electrons. The molecule has 0 aliphatic rings. The van der Waals surface area contributed by atoms with Gasteiger partial charge in [-0.05, 0) is 58.9 Å². The van der Waals surface area contributed by atoms with Gasteiger partial charge in [-0.3, -0.25) is 4.79 Å². The number of carbonyl (C=O) groups excluding carboxylic acids is 1. The largest absolute Gasteiger partial charge is 0.573 e. The first-order chi connectivity index (χ1) is 16.9. The van der Waals surface area contributed by atoms with Gasteiger partial charge < -0.3 is 14.4 Å². The molecule has 0 N–H and O–H groups in total. The van der Waals surface area contributed by atoms with Gasteiger partial charge in [0.2, 0.25) is 0 Å². The summed E-state index contributed by atoms with van der Waals surface area (Å²) in [6, 6.07) is 22.0. The number of hydrogen-bond acceptors (Lipinski definition) is 4. The van der Waals surface area contributed by atoms with Crippen LogP contribution in [0.3, 0.4) is 0 Å². The maximum Gasteiger partial charge on any atom is 0.573 e. The molecule has 4 nitrogen and oxygen atoms in total. The van der Waals surface area contributed by atoms with Crippen LogP contribution in [-0.4, -0.2) is 25.5 Å². The number of nitrogens with zero attached hydrogens (tertiary/aromatic N) is 1. The summed E-state index contributed by atoms with van der Waals surface area (Å²) in [5.41, 5.74) is 5.00. The quantitative estimate of drug-likeness (QED) is 0.286.